The van der Waals surface area contributed by atoms with E-state index in [1.165, 1.54) is 6.92 Å². The molecule has 4 rings (SSSR count). The highest BCUT2D eigenvalue weighted by molar-refractivity contribution is 5.99. The highest BCUT2D eigenvalue weighted by atomic mass is 16.5. The van der Waals surface area contributed by atoms with Gasteiger partial charge < -0.3 is 25.0 Å². The van der Waals surface area contributed by atoms with Crippen LogP contribution in [0.2, 0.25) is 0 Å². The van der Waals surface area contributed by atoms with Crippen LogP contribution in [0, 0.1) is 6.92 Å². The molecule has 3 heterocycles. The Balaban J connectivity index is 1.44. The summed E-state index contributed by atoms with van der Waals surface area (Å²) in [6, 6.07) is 4.83. The van der Waals surface area contributed by atoms with Crippen LogP contribution in [0.1, 0.15) is 42.2 Å². The lowest BCUT2D eigenvalue weighted by Crippen LogP contribution is -2.53. The van der Waals surface area contributed by atoms with Crippen molar-refractivity contribution >= 4 is 29.1 Å². The minimum atomic E-state index is -0.353. The molecule has 1 aromatic carbocycles. The standard InChI is InChI=1S/C23H29N5O5/c1-13-18(11-27(3)26-13)25-22(30)10-16-6-7-19-21(33-16)12-32-20-8-5-15(24-14(2)29)9-17(20)23(31)28(19)4/h5,8-9,11,16,19,21H,6-7,10,12H2,1-4H3,(H,24,29)(H,25,30)/t16-,19+,21+/m0/s1. The van der Waals surface area contributed by atoms with E-state index in [2.05, 4.69) is 15.7 Å². The fourth-order valence-corrected chi connectivity index (χ4v) is 4.44. The Morgan fingerprint density at radius 1 is 1.21 bits per heavy atom. The minimum absolute atomic E-state index is 0.137. The van der Waals surface area contributed by atoms with E-state index in [0.29, 0.717) is 35.5 Å². The normalized spacial score (nSPS) is 22.4. The zero-order chi connectivity index (χ0) is 23.7. The van der Waals surface area contributed by atoms with Crippen LogP contribution in [-0.2, 0) is 21.4 Å². The van der Waals surface area contributed by atoms with Crippen molar-refractivity contribution in [2.75, 3.05) is 24.3 Å². The number of hydrogen-bond donors (Lipinski definition) is 2. The fourth-order valence-electron chi connectivity index (χ4n) is 4.44. The van der Waals surface area contributed by atoms with E-state index >= 15 is 0 Å². The van der Waals surface area contributed by atoms with E-state index in [0.717, 1.165) is 5.69 Å². The van der Waals surface area contributed by atoms with Gasteiger partial charge in [0.2, 0.25) is 11.8 Å². The van der Waals surface area contributed by atoms with Gasteiger partial charge in [-0.1, -0.05) is 0 Å². The lowest BCUT2D eigenvalue weighted by atomic mass is 9.94. The number of ether oxygens (including phenoxy) is 2. The third-order valence-corrected chi connectivity index (χ3v) is 6.03. The van der Waals surface area contributed by atoms with Crippen LogP contribution in [0.5, 0.6) is 5.75 Å². The molecular weight excluding hydrogens is 426 g/mol. The summed E-state index contributed by atoms with van der Waals surface area (Å²) in [5, 5.41) is 9.82. The average molecular weight is 456 g/mol. The van der Waals surface area contributed by atoms with Gasteiger partial charge in [-0.2, -0.15) is 5.10 Å². The first kappa shape index (κ1) is 22.8. The minimum Gasteiger partial charge on any atom is -0.490 e. The Bertz CT molecular complexity index is 1080. The third kappa shape index (κ3) is 5.00. The summed E-state index contributed by atoms with van der Waals surface area (Å²) in [6.45, 7) is 3.52. The molecule has 1 aromatic heterocycles. The van der Waals surface area contributed by atoms with Gasteiger partial charge in [-0.25, -0.2) is 0 Å². The molecule has 1 saturated heterocycles. The number of hydrogen-bond acceptors (Lipinski definition) is 6. The summed E-state index contributed by atoms with van der Waals surface area (Å²) in [7, 11) is 3.56. The molecular formula is C23H29N5O5. The molecule has 0 aliphatic carbocycles. The van der Waals surface area contributed by atoms with Crippen LogP contribution in [0.4, 0.5) is 11.4 Å². The summed E-state index contributed by atoms with van der Waals surface area (Å²) in [4.78, 5) is 38.8. The summed E-state index contributed by atoms with van der Waals surface area (Å²) < 4.78 is 13.8. The monoisotopic (exact) mass is 455 g/mol. The topological polar surface area (TPSA) is 115 Å². The molecule has 3 amide bonds. The SMILES string of the molecule is CC(=O)Nc1ccc2c(c1)C(=O)N(C)[C@@H]1CC[C@@H](CC(=O)Nc3cn(C)nc3C)O[C@@H]1CO2. The van der Waals surface area contributed by atoms with E-state index in [1.54, 1.807) is 48.1 Å². The molecule has 2 N–H and O–H groups in total. The summed E-state index contributed by atoms with van der Waals surface area (Å²) in [5.74, 6) is -0.104. The van der Waals surface area contributed by atoms with Crippen molar-refractivity contribution in [2.45, 2.75) is 51.4 Å². The molecule has 3 atom stereocenters. The maximum absolute atomic E-state index is 13.2. The third-order valence-electron chi connectivity index (χ3n) is 6.03. The first-order chi connectivity index (χ1) is 15.7. The van der Waals surface area contributed by atoms with E-state index in [4.69, 9.17) is 9.47 Å². The second kappa shape index (κ2) is 9.22. The van der Waals surface area contributed by atoms with Crippen LogP contribution in [-0.4, -0.2) is 64.3 Å². The molecule has 10 nitrogen and oxygen atoms in total. The Labute approximate surface area is 192 Å². The predicted molar refractivity (Wildman–Crippen MR) is 121 cm³/mol. The van der Waals surface area contributed by atoms with Gasteiger partial charge in [-0.3, -0.25) is 19.1 Å². The second-order valence-corrected chi connectivity index (χ2v) is 8.61. The Morgan fingerprint density at radius 3 is 2.70 bits per heavy atom. The molecule has 0 saturated carbocycles. The van der Waals surface area contributed by atoms with Crippen molar-refractivity contribution in [3.05, 3.63) is 35.7 Å². The van der Waals surface area contributed by atoms with E-state index < -0.39 is 0 Å². The van der Waals surface area contributed by atoms with Crippen LogP contribution in [0.25, 0.3) is 0 Å². The number of aromatic nitrogens is 2. The summed E-state index contributed by atoms with van der Waals surface area (Å²) in [6.07, 6.45) is 2.71. The number of nitrogens with zero attached hydrogens (tertiary/aromatic N) is 3. The van der Waals surface area contributed by atoms with Gasteiger partial charge in [0.1, 0.15) is 18.5 Å². The number of carbonyl (C=O) groups excluding carboxylic acids is 3. The number of amides is 3. The van der Waals surface area contributed by atoms with Gasteiger partial charge in [-0.05, 0) is 38.0 Å². The number of anilines is 2. The number of nitrogens with one attached hydrogen (secondary N) is 2. The molecule has 1 fully saturated rings. The first-order valence-corrected chi connectivity index (χ1v) is 11.0. The van der Waals surface area contributed by atoms with E-state index in [-0.39, 0.29) is 49.0 Å². The van der Waals surface area contributed by atoms with Gasteiger partial charge >= 0.3 is 0 Å². The number of carbonyl (C=O) groups is 3. The highest BCUT2D eigenvalue weighted by Crippen LogP contribution is 2.32. The van der Waals surface area contributed by atoms with E-state index in [1.807, 2.05) is 6.92 Å². The number of aryl methyl sites for hydroxylation is 2. The maximum Gasteiger partial charge on any atom is 0.257 e. The number of benzene rings is 1. The fraction of sp³-hybridized carbons (Fsp3) is 0.478. The summed E-state index contributed by atoms with van der Waals surface area (Å²) >= 11 is 0. The second-order valence-electron chi connectivity index (χ2n) is 8.61. The van der Waals surface area contributed by atoms with Crippen LogP contribution < -0.4 is 15.4 Å². The number of fused-ring (bicyclic) bond motifs is 2. The summed E-state index contributed by atoms with van der Waals surface area (Å²) in [5.41, 5.74) is 2.38. The van der Waals surface area contributed by atoms with Crippen LogP contribution in [0.15, 0.2) is 24.4 Å². The zero-order valence-corrected chi connectivity index (χ0v) is 19.3. The molecule has 176 valence electrons. The van der Waals surface area contributed by atoms with Gasteiger partial charge in [0, 0.05) is 32.9 Å². The largest absolute Gasteiger partial charge is 0.490 e. The Hall–Kier alpha value is -3.40. The van der Waals surface area contributed by atoms with Crippen molar-refractivity contribution in [1.29, 1.82) is 0 Å². The predicted octanol–water partition coefficient (Wildman–Crippen LogP) is 2.10. The van der Waals surface area contributed by atoms with Gasteiger partial charge in [-0.15, -0.1) is 0 Å². The zero-order valence-electron chi connectivity index (χ0n) is 19.3. The lowest BCUT2D eigenvalue weighted by molar-refractivity contribution is -0.130. The highest BCUT2D eigenvalue weighted by Gasteiger charge is 2.39. The smallest absolute Gasteiger partial charge is 0.257 e. The molecule has 2 aliphatic rings. The lowest BCUT2D eigenvalue weighted by Gasteiger charge is -2.42. The molecule has 10 heteroatoms. The Morgan fingerprint density at radius 2 is 2.00 bits per heavy atom. The maximum atomic E-state index is 13.2. The molecule has 2 aromatic rings. The molecule has 33 heavy (non-hydrogen) atoms. The number of rotatable bonds is 4. The molecule has 0 radical (unpaired) electrons. The van der Waals surface area contributed by atoms with Crippen LogP contribution >= 0.6 is 0 Å². The molecule has 0 spiro atoms. The van der Waals surface area contributed by atoms with Crippen LogP contribution in [0.3, 0.4) is 0 Å². The molecule has 0 unspecified atom stereocenters. The van der Waals surface area contributed by atoms with Gasteiger partial charge in [0.25, 0.3) is 5.91 Å². The van der Waals surface area contributed by atoms with Crippen molar-refractivity contribution < 1.29 is 23.9 Å². The molecule has 0 bridgehead atoms. The molecule has 2 aliphatic heterocycles. The Kier molecular flexibility index (Phi) is 6.37. The van der Waals surface area contributed by atoms with Crippen molar-refractivity contribution in [3.8, 4) is 5.75 Å². The van der Waals surface area contributed by atoms with Crippen molar-refractivity contribution in [2.24, 2.45) is 7.05 Å². The quantitative estimate of drug-likeness (QED) is 0.730. The van der Waals surface area contributed by atoms with Gasteiger partial charge in [0.05, 0.1) is 35.5 Å². The van der Waals surface area contributed by atoms with E-state index in [9.17, 15) is 14.4 Å². The van der Waals surface area contributed by atoms with Gasteiger partial charge in [0.15, 0.2) is 0 Å². The van der Waals surface area contributed by atoms with Crippen molar-refractivity contribution in [3.63, 3.8) is 0 Å². The first-order valence-electron chi connectivity index (χ1n) is 11.0. The average Bonchev–Trinajstić information content (AvgIpc) is 3.07. The van der Waals surface area contributed by atoms with Crippen molar-refractivity contribution in [1.82, 2.24) is 14.7 Å². The number of likely N-dealkylation sites (N-methyl/N-ethyl adjacent to an activating group) is 1.